The molecule has 3 rings (SSSR count). The second kappa shape index (κ2) is 11.5. The van der Waals surface area contributed by atoms with Gasteiger partial charge in [0.25, 0.3) is 0 Å². The minimum atomic E-state index is -1.18. The molecule has 2 heterocycles. The molecule has 0 spiro atoms. The number of carbonyl (C=O) groups excluding carboxylic acids is 3. The molecular weight excluding hydrogens is 456 g/mol. The maximum atomic E-state index is 13.5. The van der Waals surface area contributed by atoms with Crippen LogP contribution in [0.5, 0.6) is 5.75 Å². The molecule has 4 unspecified atom stereocenters. The summed E-state index contributed by atoms with van der Waals surface area (Å²) < 4.78 is 0. The van der Waals surface area contributed by atoms with Crippen molar-refractivity contribution in [1.82, 2.24) is 25.5 Å². The fourth-order valence-electron chi connectivity index (χ4n) is 3.95. The largest absolute Gasteiger partial charge is 0.508 e. The minimum Gasteiger partial charge on any atom is -0.508 e. The molecule has 35 heavy (non-hydrogen) atoms. The van der Waals surface area contributed by atoms with Crippen LogP contribution < -0.4 is 16.4 Å². The molecule has 1 aliphatic heterocycles. The van der Waals surface area contributed by atoms with Crippen LogP contribution in [0, 0.1) is 0 Å². The van der Waals surface area contributed by atoms with Gasteiger partial charge in [0.15, 0.2) is 0 Å². The zero-order valence-electron chi connectivity index (χ0n) is 19.3. The number of aromatic nitrogens is 2. The van der Waals surface area contributed by atoms with Crippen LogP contribution >= 0.6 is 0 Å². The maximum Gasteiger partial charge on any atom is 0.325 e. The highest BCUT2D eigenvalue weighted by atomic mass is 16.4. The van der Waals surface area contributed by atoms with Crippen molar-refractivity contribution in [1.29, 1.82) is 0 Å². The van der Waals surface area contributed by atoms with Gasteiger partial charge < -0.3 is 36.5 Å². The molecule has 0 radical (unpaired) electrons. The van der Waals surface area contributed by atoms with E-state index in [9.17, 15) is 24.3 Å². The molecule has 0 aliphatic carbocycles. The standard InChI is InChI=1S/C23H30N6O6/c1-13(23(34)35)27-21(32)19-3-2-8-29(19)22(33)18(9-14-4-6-16(30)7-5-14)28-20(31)17(24)10-15-11-25-12-26-15/h4-7,11-13,17-19,30H,2-3,8-10,24H2,1H3,(H,25,26)(H,27,32)(H,28,31)(H,34,35). The number of imidazole rings is 1. The molecule has 2 aromatic rings. The summed E-state index contributed by atoms with van der Waals surface area (Å²) in [6.45, 7) is 1.64. The van der Waals surface area contributed by atoms with Gasteiger partial charge in [0.2, 0.25) is 17.7 Å². The summed E-state index contributed by atoms with van der Waals surface area (Å²) in [6, 6.07) is 2.30. The number of carbonyl (C=O) groups is 4. The lowest BCUT2D eigenvalue weighted by Crippen LogP contribution is -2.57. The summed E-state index contributed by atoms with van der Waals surface area (Å²) >= 11 is 0. The van der Waals surface area contributed by atoms with Crippen LogP contribution in [0.1, 0.15) is 31.0 Å². The van der Waals surface area contributed by atoms with Crippen molar-refractivity contribution in [3.63, 3.8) is 0 Å². The van der Waals surface area contributed by atoms with Crippen LogP contribution in [0.4, 0.5) is 0 Å². The zero-order chi connectivity index (χ0) is 25.5. The Bertz CT molecular complexity index is 1040. The third-order valence-electron chi connectivity index (χ3n) is 5.89. The van der Waals surface area contributed by atoms with E-state index in [0.717, 1.165) is 0 Å². The molecule has 7 N–H and O–H groups in total. The Morgan fingerprint density at radius 2 is 1.91 bits per heavy atom. The first-order valence-corrected chi connectivity index (χ1v) is 11.3. The number of hydrogen-bond acceptors (Lipinski definition) is 7. The van der Waals surface area contributed by atoms with Gasteiger partial charge >= 0.3 is 5.97 Å². The van der Waals surface area contributed by atoms with E-state index in [2.05, 4.69) is 20.6 Å². The number of H-pyrrole nitrogens is 1. The Labute approximate surface area is 201 Å². The first-order valence-electron chi connectivity index (χ1n) is 11.3. The molecule has 1 aromatic heterocycles. The van der Waals surface area contributed by atoms with Gasteiger partial charge in [-0.25, -0.2) is 4.98 Å². The fraction of sp³-hybridized carbons (Fsp3) is 0.435. The lowest BCUT2D eigenvalue weighted by Gasteiger charge is -2.29. The molecule has 12 nitrogen and oxygen atoms in total. The smallest absolute Gasteiger partial charge is 0.325 e. The molecule has 0 saturated carbocycles. The number of likely N-dealkylation sites (tertiary alicyclic amines) is 1. The normalized spacial score (nSPS) is 17.9. The number of nitrogens with two attached hydrogens (primary N) is 1. The van der Waals surface area contributed by atoms with Crippen LogP contribution in [0.3, 0.4) is 0 Å². The molecule has 1 saturated heterocycles. The Morgan fingerprint density at radius 3 is 2.54 bits per heavy atom. The van der Waals surface area contributed by atoms with E-state index in [4.69, 9.17) is 10.8 Å². The van der Waals surface area contributed by atoms with E-state index in [1.165, 1.54) is 30.3 Å². The number of phenolic OH excluding ortho intramolecular Hbond substituents is 1. The number of aromatic amines is 1. The van der Waals surface area contributed by atoms with Crippen molar-refractivity contribution in [2.75, 3.05) is 6.54 Å². The van der Waals surface area contributed by atoms with Gasteiger partial charge in [0.05, 0.1) is 12.4 Å². The number of carboxylic acid groups (broad SMARTS) is 1. The quantitative estimate of drug-likeness (QED) is 0.254. The molecule has 1 aromatic carbocycles. The molecule has 1 aliphatic rings. The van der Waals surface area contributed by atoms with Gasteiger partial charge in [-0.05, 0) is 37.5 Å². The van der Waals surface area contributed by atoms with Crippen LogP contribution in [0.25, 0.3) is 0 Å². The summed E-state index contributed by atoms with van der Waals surface area (Å²) in [7, 11) is 0. The maximum absolute atomic E-state index is 13.5. The number of phenols is 1. The second-order valence-corrected chi connectivity index (χ2v) is 8.58. The Balaban J connectivity index is 1.76. The molecule has 4 atom stereocenters. The molecule has 188 valence electrons. The van der Waals surface area contributed by atoms with Crippen LogP contribution in [0.15, 0.2) is 36.8 Å². The predicted molar refractivity (Wildman–Crippen MR) is 124 cm³/mol. The Hall–Kier alpha value is -3.93. The number of aromatic hydroxyl groups is 1. The van der Waals surface area contributed by atoms with Crippen molar-refractivity contribution in [2.24, 2.45) is 5.73 Å². The van der Waals surface area contributed by atoms with E-state index in [0.29, 0.717) is 30.6 Å². The number of nitrogens with zero attached hydrogens (tertiary/aromatic N) is 2. The Kier molecular flexibility index (Phi) is 8.42. The minimum absolute atomic E-state index is 0.0612. The average molecular weight is 487 g/mol. The van der Waals surface area contributed by atoms with Crippen LogP contribution in [-0.2, 0) is 32.0 Å². The number of amides is 3. The monoisotopic (exact) mass is 486 g/mol. The summed E-state index contributed by atoms with van der Waals surface area (Å²) in [4.78, 5) is 58.3. The molecule has 0 bridgehead atoms. The molecule has 3 amide bonds. The van der Waals surface area contributed by atoms with Crippen molar-refractivity contribution in [3.05, 3.63) is 48.0 Å². The fourth-order valence-corrected chi connectivity index (χ4v) is 3.95. The SMILES string of the molecule is CC(NC(=O)C1CCCN1C(=O)C(Cc1ccc(O)cc1)NC(=O)C(N)Cc1cnc[nH]1)C(=O)O. The molecular formula is C23H30N6O6. The summed E-state index contributed by atoms with van der Waals surface area (Å²) in [5, 5.41) is 23.8. The summed E-state index contributed by atoms with van der Waals surface area (Å²) in [5.74, 6) is -2.70. The van der Waals surface area contributed by atoms with E-state index in [1.807, 2.05) is 0 Å². The van der Waals surface area contributed by atoms with Gasteiger partial charge in [0.1, 0.15) is 23.9 Å². The van der Waals surface area contributed by atoms with Crippen molar-refractivity contribution in [2.45, 2.75) is 56.8 Å². The van der Waals surface area contributed by atoms with E-state index >= 15 is 0 Å². The van der Waals surface area contributed by atoms with E-state index < -0.39 is 47.9 Å². The lowest BCUT2D eigenvalue weighted by atomic mass is 10.0. The first kappa shape index (κ1) is 25.7. The number of carboxylic acids is 1. The van der Waals surface area contributed by atoms with Crippen molar-refractivity contribution < 1.29 is 29.4 Å². The highest BCUT2D eigenvalue weighted by molar-refractivity contribution is 5.94. The average Bonchev–Trinajstić information content (AvgIpc) is 3.51. The van der Waals surface area contributed by atoms with Crippen molar-refractivity contribution >= 4 is 23.7 Å². The lowest BCUT2D eigenvalue weighted by molar-refractivity contribution is -0.144. The number of aliphatic carboxylic acids is 1. The highest BCUT2D eigenvalue weighted by Crippen LogP contribution is 2.20. The van der Waals surface area contributed by atoms with Gasteiger partial charge in [-0.3, -0.25) is 19.2 Å². The molecule has 1 fully saturated rings. The third-order valence-corrected chi connectivity index (χ3v) is 5.89. The van der Waals surface area contributed by atoms with Crippen molar-refractivity contribution in [3.8, 4) is 5.75 Å². The highest BCUT2D eigenvalue weighted by Gasteiger charge is 2.38. The number of rotatable bonds is 10. The van der Waals surface area contributed by atoms with Gasteiger partial charge in [0, 0.05) is 31.3 Å². The third kappa shape index (κ3) is 6.79. The zero-order valence-corrected chi connectivity index (χ0v) is 19.3. The Morgan fingerprint density at radius 1 is 1.20 bits per heavy atom. The second-order valence-electron chi connectivity index (χ2n) is 8.58. The van der Waals surface area contributed by atoms with Gasteiger partial charge in [-0.15, -0.1) is 0 Å². The summed E-state index contributed by atoms with van der Waals surface area (Å²) in [6.07, 6.45) is 4.26. The predicted octanol–water partition coefficient (Wildman–Crippen LogP) is -0.707. The number of nitrogens with one attached hydrogen (secondary N) is 3. The molecule has 12 heteroatoms. The first-order chi connectivity index (χ1) is 16.7. The summed E-state index contributed by atoms with van der Waals surface area (Å²) in [5.41, 5.74) is 7.39. The van der Waals surface area contributed by atoms with Crippen LogP contribution in [0.2, 0.25) is 0 Å². The van der Waals surface area contributed by atoms with Gasteiger partial charge in [-0.2, -0.15) is 0 Å². The topological polar surface area (TPSA) is 191 Å². The van der Waals surface area contributed by atoms with Crippen LogP contribution in [-0.4, -0.2) is 79.5 Å². The van der Waals surface area contributed by atoms with Gasteiger partial charge in [-0.1, -0.05) is 12.1 Å². The number of benzene rings is 1. The van der Waals surface area contributed by atoms with E-state index in [1.54, 1.807) is 18.3 Å². The van der Waals surface area contributed by atoms with E-state index in [-0.39, 0.29) is 18.6 Å². The number of hydrogen-bond donors (Lipinski definition) is 6.